The van der Waals surface area contributed by atoms with E-state index in [1.54, 1.807) is 0 Å². The van der Waals surface area contributed by atoms with Crippen LogP contribution in [0.25, 0.3) is 11.1 Å². The number of anilines is 1. The van der Waals surface area contributed by atoms with Gasteiger partial charge in [0.15, 0.2) is 0 Å². The molecule has 3 rings (SSSR count). The van der Waals surface area contributed by atoms with Crippen molar-refractivity contribution in [3.63, 3.8) is 0 Å². The Bertz CT molecular complexity index is 798. The number of nitrogens with two attached hydrogens (primary N) is 1. The highest BCUT2D eigenvalue weighted by molar-refractivity contribution is 6.30. The standard InChI is InChI=1S/C20H18ClNO/c1-14-11-19(22)20(23-13-15-5-3-2-4-6-15)12-18(14)16-7-9-17(21)10-8-16/h2-12H,13,22H2,1H3. The van der Waals surface area contributed by atoms with Gasteiger partial charge in [-0.3, -0.25) is 0 Å². The molecule has 0 saturated carbocycles. The number of ether oxygens (including phenoxy) is 1. The highest BCUT2D eigenvalue weighted by atomic mass is 35.5. The van der Waals surface area contributed by atoms with Gasteiger partial charge in [0, 0.05) is 5.02 Å². The summed E-state index contributed by atoms with van der Waals surface area (Å²) in [5, 5.41) is 0.724. The van der Waals surface area contributed by atoms with Crippen LogP contribution in [0.15, 0.2) is 66.7 Å². The number of benzene rings is 3. The molecule has 0 aromatic heterocycles. The van der Waals surface area contributed by atoms with E-state index in [0.717, 1.165) is 27.3 Å². The minimum atomic E-state index is 0.494. The van der Waals surface area contributed by atoms with Crippen molar-refractivity contribution in [1.29, 1.82) is 0 Å². The number of hydrogen-bond acceptors (Lipinski definition) is 2. The summed E-state index contributed by atoms with van der Waals surface area (Å²) in [6.07, 6.45) is 0. The quantitative estimate of drug-likeness (QED) is 0.645. The predicted octanol–water partition coefficient (Wildman–Crippen LogP) is 5.48. The van der Waals surface area contributed by atoms with Gasteiger partial charge in [0.2, 0.25) is 0 Å². The van der Waals surface area contributed by atoms with Gasteiger partial charge in [-0.15, -0.1) is 0 Å². The summed E-state index contributed by atoms with van der Waals surface area (Å²) in [6, 6.07) is 21.8. The summed E-state index contributed by atoms with van der Waals surface area (Å²) < 4.78 is 5.91. The Hall–Kier alpha value is -2.45. The van der Waals surface area contributed by atoms with E-state index in [1.807, 2.05) is 73.7 Å². The lowest BCUT2D eigenvalue weighted by molar-refractivity contribution is 0.308. The molecule has 2 nitrogen and oxygen atoms in total. The Balaban J connectivity index is 1.89. The molecule has 0 amide bonds. The van der Waals surface area contributed by atoms with Crippen molar-refractivity contribution < 1.29 is 4.74 Å². The number of hydrogen-bond donors (Lipinski definition) is 1. The monoisotopic (exact) mass is 323 g/mol. The van der Waals surface area contributed by atoms with Gasteiger partial charge in [-0.2, -0.15) is 0 Å². The van der Waals surface area contributed by atoms with Crippen LogP contribution in [0.2, 0.25) is 5.02 Å². The zero-order valence-corrected chi connectivity index (χ0v) is 13.7. The zero-order valence-electron chi connectivity index (χ0n) is 12.9. The maximum atomic E-state index is 6.11. The summed E-state index contributed by atoms with van der Waals surface area (Å²) in [6.45, 7) is 2.54. The Morgan fingerprint density at radius 1 is 0.957 bits per heavy atom. The van der Waals surface area contributed by atoms with Crippen LogP contribution in [0.4, 0.5) is 5.69 Å². The molecule has 0 atom stereocenters. The molecular formula is C20H18ClNO. The molecule has 0 saturated heterocycles. The Morgan fingerprint density at radius 2 is 1.65 bits per heavy atom. The topological polar surface area (TPSA) is 35.2 Å². The van der Waals surface area contributed by atoms with Crippen molar-refractivity contribution in [1.82, 2.24) is 0 Å². The van der Waals surface area contributed by atoms with Crippen LogP contribution in [0.3, 0.4) is 0 Å². The third-order valence-electron chi connectivity index (χ3n) is 3.75. The van der Waals surface area contributed by atoms with Gasteiger partial charge in [-0.1, -0.05) is 54.1 Å². The highest BCUT2D eigenvalue weighted by Crippen LogP contribution is 2.33. The van der Waals surface area contributed by atoms with E-state index in [9.17, 15) is 0 Å². The van der Waals surface area contributed by atoms with E-state index in [-0.39, 0.29) is 0 Å². The second-order valence-electron chi connectivity index (χ2n) is 5.49. The Kier molecular flexibility index (Phi) is 4.54. The fourth-order valence-corrected chi connectivity index (χ4v) is 2.64. The molecule has 3 heteroatoms. The van der Waals surface area contributed by atoms with Crippen LogP contribution >= 0.6 is 11.6 Å². The summed E-state index contributed by atoms with van der Waals surface area (Å²) in [7, 11) is 0. The van der Waals surface area contributed by atoms with Gasteiger partial charge in [-0.05, 0) is 53.4 Å². The van der Waals surface area contributed by atoms with Crippen molar-refractivity contribution in [3.05, 3.63) is 82.9 Å². The average molecular weight is 324 g/mol. The Morgan fingerprint density at radius 3 is 2.35 bits per heavy atom. The summed E-state index contributed by atoms with van der Waals surface area (Å²) in [5.74, 6) is 0.699. The van der Waals surface area contributed by atoms with E-state index in [2.05, 4.69) is 0 Å². The van der Waals surface area contributed by atoms with Crippen molar-refractivity contribution in [3.8, 4) is 16.9 Å². The first-order chi connectivity index (χ1) is 11.1. The molecule has 0 aliphatic heterocycles. The number of nitrogen functional groups attached to an aromatic ring is 1. The lowest BCUT2D eigenvalue weighted by Crippen LogP contribution is -2.00. The first kappa shape index (κ1) is 15.4. The first-order valence-electron chi connectivity index (χ1n) is 7.46. The minimum Gasteiger partial charge on any atom is -0.487 e. The van der Waals surface area contributed by atoms with Gasteiger partial charge < -0.3 is 10.5 Å². The normalized spacial score (nSPS) is 10.5. The molecule has 0 unspecified atom stereocenters. The second kappa shape index (κ2) is 6.76. The van der Waals surface area contributed by atoms with E-state index >= 15 is 0 Å². The van der Waals surface area contributed by atoms with Gasteiger partial charge in [-0.25, -0.2) is 0 Å². The van der Waals surface area contributed by atoms with Crippen LogP contribution in [0, 0.1) is 6.92 Å². The van der Waals surface area contributed by atoms with Crippen LogP contribution in [0.1, 0.15) is 11.1 Å². The third-order valence-corrected chi connectivity index (χ3v) is 4.00. The van der Waals surface area contributed by atoms with Gasteiger partial charge in [0.25, 0.3) is 0 Å². The lowest BCUT2D eigenvalue weighted by atomic mass is 9.99. The summed E-state index contributed by atoms with van der Waals surface area (Å²) >= 11 is 5.97. The van der Waals surface area contributed by atoms with Gasteiger partial charge in [0.1, 0.15) is 12.4 Å². The van der Waals surface area contributed by atoms with Crippen molar-refractivity contribution in [2.24, 2.45) is 0 Å². The lowest BCUT2D eigenvalue weighted by Gasteiger charge is -2.14. The number of aryl methyl sites for hydroxylation is 1. The Labute approximate surface area is 141 Å². The molecule has 2 N–H and O–H groups in total. The fourth-order valence-electron chi connectivity index (χ4n) is 2.51. The fraction of sp³-hybridized carbons (Fsp3) is 0.100. The van der Waals surface area contributed by atoms with Crippen molar-refractivity contribution >= 4 is 17.3 Å². The van der Waals surface area contributed by atoms with Crippen LogP contribution in [-0.2, 0) is 6.61 Å². The maximum absolute atomic E-state index is 6.11. The van der Waals surface area contributed by atoms with E-state index < -0.39 is 0 Å². The SMILES string of the molecule is Cc1cc(N)c(OCc2ccccc2)cc1-c1ccc(Cl)cc1. The predicted molar refractivity (Wildman–Crippen MR) is 96.8 cm³/mol. The number of rotatable bonds is 4. The summed E-state index contributed by atoms with van der Waals surface area (Å²) in [4.78, 5) is 0. The molecule has 116 valence electrons. The smallest absolute Gasteiger partial charge is 0.143 e. The molecule has 0 aliphatic rings. The molecule has 23 heavy (non-hydrogen) atoms. The van der Waals surface area contributed by atoms with E-state index in [4.69, 9.17) is 22.1 Å². The second-order valence-corrected chi connectivity index (χ2v) is 5.92. The number of halogens is 1. The molecule has 3 aromatic carbocycles. The zero-order chi connectivity index (χ0) is 16.2. The molecule has 0 fully saturated rings. The van der Waals surface area contributed by atoms with Gasteiger partial charge >= 0.3 is 0 Å². The van der Waals surface area contributed by atoms with Crippen LogP contribution in [-0.4, -0.2) is 0 Å². The average Bonchev–Trinajstić information content (AvgIpc) is 2.56. The molecule has 3 aromatic rings. The molecule has 0 aliphatic carbocycles. The summed E-state index contributed by atoms with van der Waals surface area (Å²) in [5.41, 5.74) is 11.2. The largest absolute Gasteiger partial charge is 0.487 e. The molecule has 0 heterocycles. The molecule has 0 spiro atoms. The van der Waals surface area contributed by atoms with Crippen molar-refractivity contribution in [2.45, 2.75) is 13.5 Å². The van der Waals surface area contributed by atoms with Crippen LogP contribution in [0.5, 0.6) is 5.75 Å². The maximum Gasteiger partial charge on any atom is 0.143 e. The van der Waals surface area contributed by atoms with Crippen LogP contribution < -0.4 is 10.5 Å². The van der Waals surface area contributed by atoms with E-state index in [0.29, 0.717) is 18.0 Å². The highest BCUT2D eigenvalue weighted by Gasteiger charge is 2.09. The minimum absolute atomic E-state index is 0.494. The molecule has 0 radical (unpaired) electrons. The molecular weight excluding hydrogens is 306 g/mol. The third kappa shape index (κ3) is 3.66. The van der Waals surface area contributed by atoms with Crippen molar-refractivity contribution in [2.75, 3.05) is 5.73 Å². The first-order valence-corrected chi connectivity index (χ1v) is 7.84. The molecule has 0 bridgehead atoms. The van der Waals surface area contributed by atoms with E-state index in [1.165, 1.54) is 0 Å². The van der Waals surface area contributed by atoms with Gasteiger partial charge in [0.05, 0.1) is 5.69 Å².